The Morgan fingerprint density at radius 3 is 2.80 bits per heavy atom. The highest BCUT2D eigenvalue weighted by Crippen LogP contribution is 2.26. The summed E-state index contributed by atoms with van der Waals surface area (Å²) in [6.07, 6.45) is 4.91. The molecule has 0 radical (unpaired) electrons. The number of rotatable bonds is 3. The van der Waals surface area contributed by atoms with E-state index in [1.54, 1.807) is 0 Å². The maximum atomic E-state index is 5.70. The first kappa shape index (κ1) is 10.6. The first-order chi connectivity index (χ1) is 7.35. The van der Waals surface area contributed by atoms with Crippen LogP contribution in [0.5, 0.6) is 0 Å². The van der Waals surface area contributed by atoms with Crippen LogP contribution in [0.2, 0.25) is 0 Å². The third-order valence-electron chi connectivity index (χ3n) is 3.18. The monoisotopic (exact) mass is 206 g/mol. The van der Waals surface area contributed by atoms with Crippen molar-refractivity contribution >= 4 is 0 Å². The molecule has 0 spiro atoms. The largest absolute Gasteiger partial charge is 0.378 e. The standard InChI is InChI=1S/C12H18N2O/c1-15-12(5-8-13-9-6-12)10-11-4-2-3-7-14-11/h2-4,7,13H,5-6,8-10H2,1H3. The average molecular weight is 206 g/mol. The van der Waals surface area contributed by atoms with Crippen molar-refractivity contribution in [1.29, 1.82) is 0 Å². The van der Waals surface area contributed by atoms with Crippen LogP contribution in [0.4, 0.5) is 0 Å². The fourth-order valence-corrected chi connectivity index (χ4v) is 2.17. The van der Waals surface area contributed by atoms with E-state index in [0.717, 1.165) is 38.0 Å². The Balaban J connectivity index is 2.07. The van der Waals surface area contributed by atoms with Gasteiger partial charge in [-0.1, -0.05) is 6.07 Å². The van der Waals surface area contributed by atoms with E-state index < -0.39 is 0 Å². The molecule has 0 saturated carbocycles. The van der Waals surface area contributed by atoms with Crippen LogP contribution in [0.25, 0.3) is 0 Å². The van der Waals surface area contributed by atoms with Crippen molar-refractivity contribution in [2.24, 2.45) is 0 Å². The number of pyridine rings is 1. The van der Waals surface area contributed by atoms with Crippen LogP contribution < -0.4 is 5.32 Å². The Kier molecular flexibility index (Phi) is 3.34. The van der Waals surface area contributed by atoms with Gasteiger partial charge < -0.3 is 10.1 Å². The van der Waals surface area contributed by atoms with Crippen LogP contribution in [0.1, 0.15) is 18.5 Å². The molecule has 1 saturated heterocycles. The second kappa shape index (κ2) is 4.73. The summed E-state index contributed by atoms with van der Waals surface area (Å²) in [7, 11) is 1.81. The molecule has 0 amide bonds. The molecule has 0 aromatic carbocycles. The highest BCUT2D eigenvalue weighted by molar-refractivity contribution is 5.08. The molecule has 15 heavy (non-hydrogen) atoms. The van der Waals surface area contributed by atoms with Crippen LogP contribution >= 0.6 is 0 Å². The predicted molar refractivity (Wildman–Crippen MR) is 59.8 cm³/mol. The highest BCUT2D eigenvalue weighted by atomic mass is 16.5. The van der Waals surface area contributed by atoms with Gasteiger partial charge in [0, 0.05) is 25.4 Å². The van der Waals surface area contributed by atoms with E-state index in [9.17, 15) is 0 Å². The fourth-order valence-electron chi connectivity index (χ4n) is 2.17. The lowest BCUT2D eigenvalue weighted by molar-refractivity contribution is -0.0340. The van der Waals surface area contributed by atoms with Gasteiger partial charge in [-0.15, -0.1) is 0 Å². The van der Waals surface area contributed by atoms with Gasteiger partial charge in [-0.25, -0.2) is 0 Å². The Morgan fingerprint density at radius 2 is 2.20 bits per heavy atom. The lowest BCUT2D eigenvalue weighted by Gasteiger charge is -2.36. The minimum Gasteiger partial charge on any atom is -0.378 e. The number of hydrogen-bond donors (Lipinski definition) is 1. The Bertz CT molecular complexity index is 294. The van der Waals surface area contributed by atoms with E-state index in [0.29, 0.717) is 0 Å². The highest BCUT2D eigenvalue weighted by Gasteiger charge is 2.32. The molecule has 0 unspecified atom stereocenters. The number of methoxy groups -OCH3 is 1. The molecule has 1 fully saturated rings. The maximum absolute atomic E-state index is 5.70. The number of nitrogens with one attached hydrogen (secondary N) is 1. The second-order valence-corrected chi connectivity index (χ2v) is 4.13. The van der Waals surface area contributed by atoms with Gasteiger partial charge in [-0.3, -0.25) is 4.98 Å². The molecule has 1 aromatic rings. The molecule has 3 heteroatoms. The summed E-state index contributed by atoms with van der Waals surface area (Å²) in [5, 5.41) is 3.36. The number of aromatic nitrogens is 1. The zero-order chi connectivity index (χ0) is 10.6. The van der Waals surface area contributed by atoms with E-state index in [2.05, 4.69) is 16.4 Å². The van der Waals surface area contributed by atoms with Gasteiger partial charge >= 0.3 is 0 Å². The molecule has 1 aromatic heterocycles. The summed E-state index contributed by atoms with van der Waals surface area (Å²) >= 11 is 0. The van der Waals surface area contributed by atoms with Crippen LogP contribution in [-0.4, -0.2) is 30.8 Å². The summed E-state index contributed by atoms with van der Waals surface area (Å²) in [6.45, 7) is 2.08. The summed E-state index contributed by atoms with van der Waals surface area (Å²) in [5.74, 6) is 0. The van der Waals surface area contributed by atoms with Crippen molar-refractivity contribution in [2.45, 2.75) is 24.9 Å². The zero-order valence-corrected chi connectivity index (χ0v) is 9.20. The van der Waals surface area contributed by atoms with Gasteiger partial charge in [-0.2, -0.15) is 0 Å². The van der Waals surface area contributed by atoms with Crippen LogP contribution in [0, 0.1) is 0 Å². The number of piperidine rings is 1. The van der Waals surface area contributed by atoms with Gasteiger partial charge in [0.15, 0.2) is 0 Å². The summed E-state index contributed by atoms with van der Waals surface area (Å²) < 4.78 is 5.70. The van der Waals surface area contributed by atoms with E-state index >= 15 is 0 Å². The molecule has 1 aliphatic rings. The molecule has 1 aliphatic heterocycles. The van der Waals surface area contributed by atoms with Crippen molar-refractivity contribution < 1.29 is 4.74 Å². The van der Waals surface area contributed by atoms with Gasteiger partial charge in [0.25, 0.3) is 0 Å². The zero-order valence-electron chi connectivity index (χ0n) is 9.20. The van der Waals surface area contributed by atoms with E-state index in [1.165, 1.54) is 0 Å². The molecule has 0 bridgehead atoms. The van der Waals surface area contributed by atoms with Gasteiger partial charge in [-0.05, 0) is 38.1 Å². The molecular formula is C12H18N2O. The molecule has 0 aliphatic carbocycles. The van der Waals surface area contributed by atoms with Crippen LogP contribution in [0.3, 0.4) is 0 Å². The normalized spacial score (nSPS) is 20.1. The molecular weight excluding hydrogens is 188 g/mol. The van der Waals surface area contributed by atoms with Crippen molar-refractivity contribution in [3.8, 4) is 0 Å². The number of nitrogens with zero attached hydrogens (tertiary/aromatic N) is 1. The lowest BCUT2D eigenvalue weighted by atomic mass is 9.87. The van der Waals surface area contributed by atoms with Gasteiger partial charge in [0.2, 0.25) is 0 Å². The second-order valence-electron chi connectivity index (χ2n) is 4.13. The van der Waals surface area contributed by atoms with Gasteiger partial charge in [0.1, 0.15) is 0 Å². The first-order valence-corrected chi connectivity index (χ1v) is 5.50. The third kappa shape index (κ3) is 2.55. The third-order valence-corrected chi connectivity index (χ3v) is 3.18. The molecule has 3 nitrogen and oxygen atoms in total. The lowest BCUT2D eigenvalue weighted by Crippen LogP contribution is -2.45. The van der Waals surface area contributed by atoms with Crippen molar-refractivity contribution in [1.82, 2.24) is 10.3 Å². The predicted octanol–water partition coefficient (Wildman–Crippen LogP) is 1.39. The topological polar surface area (TPSA) is 34.1 Å². The fraction of sp³-hybridized carbons (Fsp3) is 0.583. The quantitative estimate of drug-likeness (QED) is 0.811. The average Bonchev–Trinajstić information content (AvgIpc) is 2.32. The van der Waals surface area contributed by atoms with Crippen LogP contribution in [0.15, 0.2) is 24.4 Å². The van der Waals surface area contributed by atoms with E-state index in [1.807, 2.05) is 25.4 Å². The Labute approximate surface area is 90.9 Å². The number of ether oxygens (including phenoxy) is 1. The SMILES string of the molecule is COC1(Cc2ccccn2)CCNCC1. The molecule has 82 valence electrons. The van der Waals surface area contributed by atoms with Crippen molar-refractivity contribution in [2.75, 3.05) is 20.2 Å². The minimum absolute atomic E-state index is 0.000394. The van der Waals surface area contributed by atoms with E-state index in [-0.39, 0.29) is 5.60 Å². The van der Waals surface area contributed by atoms with Gasteiger partial charge in [0.05, 0.1) is 5.60 Å². The smallest absolute Gasteiger partial charge is 0.0758 e. The maximum Gasteiger partial charge on any atom is 0.0758 e. The van der Waals surface area contributed by atoms with E-state index in [4.69, 9.17) is 4.74 Å². The first-order valence-electron chi connectivity index (χ1n) is 5.50. The number of hydrogen-bond acceptors (Lipinski definition) is 3. The van der Waals surface area contributed by atoms with Crippen molar-refractivity contribution in [3.63, 3.8) is 0 Å². The van der Waals surface area contributed by atoms with Crippen molar-refractivity contribution in [3.05, 3.63) is 30.1 Å². The molecule has 2 rings (SSSR count). The molecule has 2 heterocycles. The Hall–Kier alpha value is -0.930. The molecule has 1 N–H and O–H groups in total. The summed E-state index contributed by atoms with van der Waals surface area (Å²) in [4.78, 5) is 4.37. The molecule has 0 atom stereocenters. The Morgan fingerprint density at radius 1 is 1.40 bits per heavy atom. The summed E-state index contributed by atoms with van der Waals surface area (Å²) in [5.41, 5.74) is 1.13. The summed E-state index contributed by atoms with van der Waals surface area (Å²) in [6, 6.07) is 6.06. The minimum atomic E-state index is -0.000394. The van der Waals surface area contributed by atoms with Crippen LogP contribution in [-0.2, 0) is 11.2 Å².